The minimum atomic E-state index is -1.03. The van der Waals surface area contributed by atoms with E-state index in [4.69, 9.17) is 13.6 Å². The molecular formula is C18H14N2O7. The van der Waals surface area contributed by atoms with Crippen LogP contribution in [0, 0.1) is 0 Å². The molecule has 0 saturated carbocycles. The van der Waals surface area contributed by atoms with Gasteiger partial charge < -0.3 is 18.9 Å². The molecule has 3 aromatic rings. The number of nitrogens with one attached hydrogen (secondary N) is 2. The molecule has 2 N–H and O–H groups in total. The number of imide groups is 1. The highest BCUT2D eigenvalue weighted by Crippen LogP contribution is 2.13. The van der Waals surface area contributed by atoms with Crippen LogP contribution in [0.1, 0.15) is 16.1 Å². The molecule has 0 atom stereocenters. The van der Waals surface area contributed by atoms with Gasteiger partial charge in [-0.15, -0.1) is 0 Å². The van der Waals surface area contributed by atoms with Gasteiger partial charge in [0.15, 0.2) is 6.61 Å². The number of fused-ring (bicyclic) bond motifs is 1. The van der Waals surface area contributed by atoms with E-state index in [9.17, 15) is 19.2 Å². The van der Waals surface area contributed by atoms with Crippen molar-refractivity contribution in [2.45, 2.75) is 6.54 Å². The predicted octanol–water partition coefficient (Wildman–Crippen LogP) is 1.57. The number of benzene rings is 1. The Morgan fingerprint density at radius 1 is 1.07 bits per heavy atom. The zero-order valence-corrected chi connectivity index (χ0v) is 13.9. The van der Waals surface area contributed by atoms with E-state index >= 15 is 0 Å². The number of furan rings is 1. The van der Waals surface area contributed by atoms with Crippen molar-refractivity contribution in [3.05, 3.63) is 70.5 Å². The number of para-hydroxylation sites is 1. The molecule has 2 heterocycles. The van der Waals surface area contributed by atoms with E-state index in [1.165, 1.54) is 12.3 Å². The highest BCUT2D eigenvalue weighted by Gasteiger charge is 2.17. The van der Waals surface area contributed by atoms with Crippen molar-refractivity contribution >= 4 is 28.9 Å². The molecule has 3 rings (SSSR count). The summed E-state index contributed by atoms with van der Waals surface area (Å²) in [4.78, 5) is 47.1. The summed E-state index contributed by atoms with van der Waals surface area (Å²) in [6.45, 7) is -0.649. The summed E-state index contributed by atoms with van der Waals surface area (Å²) in [5, 5.41) is 4.91. The summed E-state index contributed by atoms with van der Waals surface area (Å²) in [5.74, 6) is -1.38. The number of ether oxygens (including phenoxy) is 1. The Kier molecular flexibility index (Phi) is 5.31. The third-order valence-corrected chi connectivity index (χ3v) is 3.45. The van der Waals surface area contributed by atoms with Crippen molar-refractivity contribution in [3.8, 4) is 0 Å². The monoisotopic (exact) mass is 370 g/mol. The number of urea groups is 1. The SMILES string of the molecule is O=C(COC(=O)c1cc2ccccc2oc1=O)NC(=O)NCc1ccco1. The molecule has 3 amide bonds. The van der Waals surface area contributed by atoms with Crippen LogP contribution in [-0.4, -0.2) is 24.5 Å². The van der Waals surface area contributed by atoms with E-state index in [2.05, 4.69) is 5.32 Å². The van der Waals surface area contributed by atoms with Crippen LogP contribution < -0.4 is 16.3 Å². The van der Waals surface area contributed by atoms with Gasteiger partial charge in [0, 0.05) is 5.39 Å². The lowest BCUT2D eigenvalue weighted by molar-refractivity contribution is -0.123. The van der Waals surface area contributed by atoms with E-state index in [0.29, 0.717) is 16.7 Å². The molecule has 1 aromatic carbocycles. The van der Waals surface area contributed by atoms with Crippen LogP contribution in [0.5, 0.6) is 0 Å². The lowest BCUT2D eigenvalue weighted by atomic mass is 10.2. The molecule has 0 aliphatic heterocycles. The van der Waals surface area contributed by atoms with Gasteiger partial charge in [0.25, 0.3) is 5.91 Å². The second-order valence-corrected chi connectivity index (χ2v) is 5.37. The Hall–Kier alpha value is -3.88. The highest BCUT2D eigenvalue weighted by molar-refractivity contribution is 5.97. The standard InChI is InChI=1S/C18H14N2O7/c21-15(20-18(24)19-9-12-5-3-7-25-12)10-26-16(22)13-8-11-4-1-2-6-14(11)27-17(13)23/h1-8H,9-10H2,(H2,19,20,21,24). The van der Waals surface area contributed by atoms with Gasteiger partial charge in [0.2, 0.25) is 0 Å². The number of rotatable bonds is 5. The molecule has 0 saturated heterocycles. The number of hydrogen-bond acceptors (Lipinski definition) is 7. The fraction of sp³-hybridized carbons (Fsp3) is 0.111. The van der Waals surface area contributed by atoms with E-state index in [-0.39, 0.29) is 12.1 Å². The van der Waals surface area contributed by atoms with Gasteiger partial charge in [-0.05, 0) is 24.3 Å². The molecule has 27 heavy (non-hydrogen) atoms. The first-order chi connectivity index (χ1) is 13.0. The Bertz CT molecular complexity index is 1040. The molecular weight excluding hydrogens is 356 g/mol. The van der Waals surface area contributed by atoms with Crippen LogP contribution in [0.2, 0.25) is 0 Å². The first-order valence-electron chi connectivity index (χ1n) is 7.83. The third kappa shape index (κ3) is 4.60. The first kappa shape index (κ1) is 17.9. The van der Waals surface area contributed by atoms with Crippen molar-refractivity contribution in [1.82, 2.24) is 10.6 Å². The Labute approximate surface area is 151 Å². The normalized spacial score (nSPS) is 10.4. The predicted molar refractivity (Wildman–Crippen MR) is 91.9 cm³/mol. The molecule has 0 bridgehead atoms. The summed E-state index contributed by atoms with van der Waals surface area (Å²) in [7, 11) is 0. The molecule has 9 nitrogen and oxygen atoms in total. The van der Waals surface area contributed by atoms with Crippen LogP contribution in [0.4, 0.5) is 4.79 Å². The molecule has 0 aliphatic carbocycles. The average Bonchev–Trinajstić information content (AvgIpc) is 3.17. The van der Waals surface area contributed by atoms with Crippen molar-refractivity contribution < 1.29 is 28.0 Å². The lowest BCUT2D eigenvalue weighted by Crippen LogP contribution is -2.41. The fourth-order valence-corrected chi connectivity index (χ4v) is 2.20. The zero-order valence-electron chi connectivity index (χ0n) is 13.9. The molecule has 0 radical (unpaired) electrons. The molecule has 0 aliphatic rings. The van der Waals surface area contributed by atoms with Crippen molar-refractivity contribution in [2.24, 2.45) is 0 Å². The first-order valence-corrected chi connectivity index (χ1v) is 7.83. The zero-order chi connectivity index (χ0) is 19.2. The quantitative estimate of drug-likeness (QED) is 0.515. The van der Waals surface area contributed by atoms with E-state index < -0.39 is 30.1 Å². The number of hydrogen-bond donors (Lipinski definition) is 2. The summed E-state index contributed by atoms with van der Waals surface area (Å²) >= 11 is 0. The number of esters is 1. The van der Waals surface area contributed by atoms with Crippen molar-refractivity contribution in [3.63, 3.8) is 0 Å². The van der Waals surface area contributed by atoms with Gasteiger partial charge >= 0.3 is 17.6 Å². The van der Waals surface area contributed by atoms with Gasteiger partial charge in [0.1, 0.15) is 16.9 Å². The average molecular weight is 370 g/mol. The van der Waals surface area contributed by atoms with Gasteiger partial charge in [-0.1, -0.05) is 18.2 Å². The summed E-state index contributed by atoms with van der Waals surface area (Å²) in [6, 6.07) is 10.5. The maximum absolute atomic E-state index is 12.0. The maximum Gasteiger partial charge on any atom is 0.351 e. The summed E-state index contributed by atoms with van der Waals surface area (Å²) < 4.78 is 14.8. The van der Waals surface area contributed by atoms with Crippen molar-refractivity contribution in [2.75, 3.05) is 6.61 Å². The van der Waals surface area contributed by atoms with Crippen LogP contribution >= 0.6 is 0 Å². The number of carbonyl (C=O) groups excluding carboxylic acids is 3. The maximum atomic E-state index is 12.0. The van der Waals surface area contributed by atoms with Gasteiger partial charge in [-0.25, -0.2) is 14.4 Å². The van der Waals surface area contributed by atoms with Gasteiger partial charge in [-0.2, -0.15) is 0 Å². The molecule has 0 unspecified atom stereocenters. The van der Waals surface area contributed by atoms with Crippen LogP contribution in [-0.2, 0) is 16.1 Å². The van der Waals surface area contributed by atoms with Crippen LogP contribution in [0.15, 0.2) is 62.4 Å². The number of carbonyl (C=O) groups is 3. The van der Waals surface area contributed by atoms with Crippen molar-refractivity contribution in [1.29, 1.82) is 0 Å². The van der Waals surface area contributed by atoms with E-state index in [0.717, 1.165) is 0 Å². The highest BCUT2D eigenvalue weighted by atomic mass is 16.5. The third-order valence-electron chi connectivity index (χ3n) is 3.45. The minimum Gasteiger partial charge on any atom is -0.467 e. The van der Waals surface area contributed by atoms with Crippen LogP contribution in [0.3, 0.4) is 0 Å². The Balaban J connectivity index is 1.52. The van der Waals surface area contributed by atoms with Crippen LogP contribution in [0.25, 0.3) is 11.0 Å². The fourth-order valence-electron chi connectivity index (χ4n) is 2.20. The second kappa shape index (κ2) is 8.00. The molecule has 0 fully saturated rings. The van der Waals surface area contributed by atoms with E-state index in [1.807, 2.05) is 5.32 Å². The summed E-state index contributed by atoms with van der Waals surface area (Å²) in [5.41, 5.74) is -0.899. The second-order valence-electron chi connectivity index (χ2n) is 5.37. The molecule has 138 valence electrons. The van der Waals surface area contributed by atoms with Gasteiger partial charge in [-0.3, -0.25) is 10.1 Å². The Morgan fingerprint density at radius 2 is 1.89 bits per heavy atom. The van der Waals surface area contributed by atoms with Gasteiger partial charge in [0.05, 0.1) is 12.8 Å². The smallest absolute Gasteiger partial charge is 0.351 e. The lowest BCUT2D eigenvalue weighted by Gasteiger charge is -2.06. The van der Waals surface area contributed by atoms with E-state index in [1.54, 1.807) is 36.4 Å². The molecule has 0 spiro atoms. The molecule has 9 heteroatoms. The summed E-state index contributed by atoms with van der Waals surface area (Å²) in [6.07, 6.45) is 1.45. The molecule has 2 aromatic heterocycles. The largest absolute Gasteiger partial charge is 0.467 e. The minimum absolute atomic E-state index is 0.0873. The Morgan fingerprint density at radius 3 is 2.67 bits per heavy atom. The number of amides is 3. The topological polar surface area (TPSA) is 128 Å².